The van der Waals surface area contributed by atoms with E-state index < -0.39 is 0 Å². The number of hydrogen-bond acceptors (Lipinski definition) is 2. The molecule has 0 aliphatic heterocycles. The van der Waals surface area contributed by atoms with E-state index in [1.807, 2.05) is 0 Å². The van der Waals surface area contributed by atoms with E-state index in [0.717, 1.165) is 25.6 Å². The maximum Gasteiger partial charge on any atom is 0.0472 e. The Morgan fingerprint density at radius 2 is 1.95 bits per heavy atom. The zero-order valence-corrected chi connectivity index (χ0v) is 13.1. The van der Waals surface area contributed by atoms with Crippen molar-refractivity contribution in [1.82, 2.24) is 10.2 Å². The topological polar surface area (TPSA) is 15.3 Å². The van der Waals surface area contributed by atoms with E-state index in [-0.39, 0.29) is 0 Å². The van der Waals surface area contributed by atoms with E-state index in [1.54, 1.807) is 0 Å². The molecule has 112 valence electrons. The zero-order chi connectivity index (χ0) is 14.2. The molecule has 2 rings (SSSR count). The minimum Gasteiger partial charge on any atom is -0.315 e. The molecule has 1 aromatic carbocycles. The van der Waals surface area contributed by atoms with E-state index in [4.69, 9.17) is 0 Å². The van der Waals surface area contributed by atoms with Crippen LogP contribution in [-0.4, -0.2) is 31.1 Å². The van der Waals surface area contributed by atoms with Crippen molar-refractivity contribution in [1.29, 1.82) is 0 Å². The number of rotatable bonds is 9. The second-order valence-corrected chi connectivity index (χ2v) is 6.02. The molecule has 1 aliphatic rings. The quantitative estimate of drug-likeness (QED) is 0.688. The molecule has 0 saturated heterocycles. The Hall–Kier alpha value is -0.860. The Balaban J connectivity index is 2.02. The van der Waals surface area contributed by atoms with Gasteiger partial charge in [-0.3, -0.25) is 4.90 Å². The van der Waals surface area contributed by atoms with E-state index in [1.165, 1.54) is 37.8 Å². The van der Waals surface area contributed by atoms with Crippen molar-refractivity contribution in [3.05, 3.63) is 35.9 Å². The van der Waals surface area contributed by atoms with Gasteiger partial charge in [-0.25, -0.2) is 0 Å². The summed E-state index contributed by atoms with van der Waals surface area (Å²) >= 11 is 0. The molecule has 0 amide bonds. The third-order valence-electron chi connectivity index (χ3n) is 4.51. The van der Waals surface area contributed by atoms with Gasteiger partial charge in [-0.2, -0.15) is 0 Å². The van der Waals surface area contributed by atoms with Gasteiger partial charge in [0.25, 0.3) is 0 Å². The van der Waals surface area contributed by atoms with Crippen LogP contribution in [0.1, 0.15) is 51.1 Å². The normalized spacial score (nSPS) is 17.1. The fourth-order valence-corrected chi connectivity index (χ4v) is 3.03. The number of nitrogens with zero attached hydrogens (tertiary/aromatic N) is 1. The van der Waals surface area contributed by atoms with Crippen LogP contribution in [0, 0.1) is 5.92 Å². The van der Waals surface area contributed by atoms with E-state index in [2.05, 4.69) is 54.4 Å². The SMILES string of the molecule is CCCNCC(c1ccccc1)N(CC)CC1CCC1. The summed E-state index contributed by atoms with van der Waals surface area (Å²) in [6, 6.07) is 11.5. The second kappa shape index (κ2) is 8.43. The van der Waals surface area contributed by atoms with Crippen LogP contribution in [-0.2, 0) is 0 Å². The van der Waals surface area contributed by atoms with Gasteiger partial charge in [0, 0.05) is 19.1 Å². The highest BCUT2D eigenvalue weighted by Gasteiger charge is 2.25. The van der Waals surface area contributed by atoms with Crippen molar-refractivity contribution >= 4 is 0 Å². The number of benzene rings is 1. The molecule has 1 saturated carbocycles. The molecule has 1 aliphatic carbocycles. The van der Waals surface area contributed by atoms with E-state index >= 15 is 0 Å². The predicted molar refractivity (Wildman–Crippen MR) is 86.9 cm³/mol. The van der Waals surface area contributed by atoms with Gasteiger partial charge in [-0.15, -0.1) is 0 Å². The van der Waals surface area contributed by atoms with Gasteiger partial charge >= 0.3 is 0 Å². The third kappa shape index (κ3) is 4.32. The van der Waals surface area contributed by atoms with E-state index in [9.17, 15) is 0 Å². The Morgan fingerprint density at radius 3 is 2.50 bits per heavy atom. The van der Waals surface area contributed by atoms with Gasteiger partial charge in [0.15, 0.2) is 0 Å². The number of hydrogen-bond donors (Lipinski definition) is 1. The molecular formula is C18H30N2. The summed E-state index contributed by atoms with van der Waals surface area (Å²) < 4.78 is 0. The maximum absolute atomic E-state index is 3.62. The first-order chi connectivity index (χ1) is 9.85. The van der Waals surface area contributed by atoms with E-state index in [0.29, 0.717) is 6.04 Å². The largest absolute Gasteiger partial charge is 0.315 e. The van der Waals surface area contributed by atoms with Gasteiger partial charge in [-0.05, 0) is 43.8 Å². The molecular weight excluding hydrogens is 244 g/mol. The first-order valence-electron chi connectivity index (χ1n) is 8.34. The lowest BCUT2D eigenvalue weighted by Gasteiger charge is -2.37. The molecule has 20 heavy (non-hydrogen) atoms. The van der Waals surface area contributed by atoms with Crippen molar-refractivity contribution < 1.29 is 0 Å². The summed E-state index contributed by atoms with van der Waals surface area (Å²) in [4.78, 5) is 2.67. The lowest BCUT2D eigenvalue weighted by Crippen LogP contribution is -2.40. The van der Waals surface area contributed by atoms with Gasteiger partial charge in [0.2, 0.25) is 0 Å². The third-order valence-corrected chi connectivity index (χ3v) is 4.51. The molecule has 1 unspecified atom stereocenters. The number of likely N-dealkylation sites (N-methyl/N-ethyl adjacent to an activating group) is 1. The van der Waals surface area contributed by atoms with Crippen LogP contribution in [0.5, 0.6) is 0 Å². The summed E-state index contributed by atoms with van der Waals surface area (Å²) in [7, 11) is 0. The van der Waals surface area contributed by atoms with Crippen molar-refractivity contribution in [2.75, 3.05) is 26.2 Å². The Kier molecular flexibility index (Phi) is 6.55. The maximum atomic E-state index is 3.62. The van der Waals surface area contributed by atoms with Crippen LogP contribution in [0.15, 0.2) is 30.3 Å². The minimum atomic E-state index is 0.522. The highest BCUT2D eigenvalue weighted by atomic mass is 15.2. The second-order valence-electron chi connectivity index (χ2n) is 6.02. The summed E-state index contributed by atoms with van der Waals surface area (Å²) in [6.07, 6.45) is 5.50. The number of nitrogens with one attached hydrogen (secondary N) is 1. The molecule has 1 fully saturated rings. The molecule has 2 heteroatoms. The first-order valence-corrected chi connectivity index (χ1v) is 8.34. The first kappa shape index (κ1) is 15.5. The van der Waals surface area contributed by atoms with Crippen LogP contribution >= 0.6 is 0 Å². The standard InChI is InChI=1S/C18H30N2/c1-3-13-19-14-18(17-11-6-5-7-12-17)20(4-2)15-16-9-8-10-16/h5-7,11-12,16,18-19H,3-4,8-10,13-15H2,1-2H3. The van der Waals surface area contributed by atoms with Crippen molar-refractivity contribution in [2.45, 2.75) is 45.6 Å². The smallest absolute Gasteiger partial charge is 0.0472 e. The molecule has 1 atom stereocenters. The van der Waals surface area contributed by atoms with Gasteiger partial charge in [0.05, 0.1) is 0 Å². The molecule has 1 aromatic rings. The monoisotopic (exact) mass is 274 g/mol. The lowest BCUT2D eigenvalue weighted by molar-refractivity contribution is 0.136. The summed E-state index contributed by atoms with van der Waals surface area (Å²) in [5.74, 6) is 0.937. The van der Waals surface area contributed by atoms with Crippen molar-refractivity contribution in [2.24, 2.45) is 5.92 Å². The van der Waals surface area contributed by atoms with Crippen LogP contribution in [0.2, 0.25) is 0 Å². The Labute approximate surface area is 124 Å². The van der Waals surface area contributed by atoms with Gasteiger partial charge < -0.3 is 5.32 Å². The fourth-order valence-electron chi connectivity index (χ4n) is 3.03. The summed E-state index contributed by atoms with van der Waals surface area (Å²) in [6.45, 7) is 9.13. The fraction of sp³-hybridized carbons (Fsp3) is 0.667. The average molecular weight is 274 g/mol. The molecule has 2 nitrogen and oxygen atoms in total. The zero-order valence-electron chi connectivity index (χ0n) is 13.1. The van der Waals surface area contributed by atoms with Crippen molar-refractivity contribution in [3.63, 3.8) is 0 Å². The van der Waals surface area contributed by atoms with Crippen LogP contribution in [0.25, 0.3) is 0 Å². The van der Waals surface area contributed by atoms with Crippen LogP contribution in [0.3, 0.4) is 0 Å². The highest BCUT2D eigenvalue weighted by Crippen LogP contribution is 2.30. The van der Waals surface area contributed by atoms with Crippen LogP contribution < -0.4 is 5.32 Å². The highest BCUT2D eigenvalue weighted by molar-refractivity contribution is 5.19. The van der Waals surface area contributed by atoms with Gasteiger partial charge in [-0.1, -0.05) is 50.6 Å². The van der Waals surface area contributed by atoms with Gasteiger partial charge in [0.1, 0.15) is 0 Å². The summed E-state index contributed by atoms with van der Waals surface area (Å²) in [5, 5.41) is 3.62. The summed E-state index contributed by atoms with van der Waals surface area (Å²) in [5.41, 5.74) is 1.46. The molecule has 0 radical (unpaired) electrons. The lowest BCUT2D eigenvalue weighted by atomic mass is 9.84. The Bertz CT molecular complexity index is 359. The molecule has 0 aromatic heterocycles. The predicted octanol–water partition coefficient (Wildman–Crippen LogP) is 3.85. The molecule has 1 N–H and O–H groups in total. The van der Waals surface area contributed by atoms with Crippen LogP contribution in [0.4, 0.5) is 0 Å². The minimum absolute atomic E-state index is 0.522. The van der Waals surface area contributed by atoms with Crippen molar-refractivity contribution in [3.8, 4) is 0 Å². The molecule has 0 spiro atoms. The average Bonchev–Trinajstić information content (AvgIpc) is 2.45. The molecule has 0 bridgehead atoms. The Morgan fingerprint density at radius 1 is 1.20 bits per heavy atom. The molecule has 0 heterocycles.